The van der Waals surface area contributed by atoms with Gasteiger partial charge in [-0.25, -0.2) is 0 Å². The number of carbonyl (C=O) groups excluding carboxylic acids is 1. The monoisotopic (exact) mass is 241 g/mol. The summed E-state index contributed by atoms with van der Waals surface area (Å²) in [6, 6.07) is 13.7. The molecule has 0 fully saturated rings. The summed E-state index contributed by atoms with van der Waals surface area (Å²) in [7, 11) is 3.39. The summed E-state index contributed by atoms with van der Waals surface area (Å²) >= 11 is 0. The Morgan fingerprint density at radius 1 is 1.11 bits per heavy atom. The Morgan fingerprint density at radius 2 is 1.83 bits per heavy atom. The normalized spacial score (nSPS) is 9.89. The van der Waals surface area contributed by atoms with E-state index in [4.69, 9.17) is 4.74 Å². The molecule has 3 nitrogen and oxygen atoms in total. The van der Waals surface area contributed by atoms with Crippen molar-refractivity contribution in [1.82, 2.24) is 0 Å². The molecule has 0 aromatic heterocycles. The van der Waals surface area contributed by atoms with Crippen LogP contribution in [0.2, 0.25) is 0 Å². The van der Waals surface area contributed by atoms with Crippen LogP contribution in [-0.2, 0) is 0 Å². The van der Waals surface area contributed by atoms with Gasteiger partial charge in [-0.05, 0) is 11.6 Å². The summed E-state index contributed by atoms with van der Waals surface area (Å²) < 4.78 is 5.33. The second-order valence-electron chi connectivity index (χ2n) is 3.84. The van der Waals surface area contributed by atoms with Gasteiger partial charge in [-0.1, -0.05) is 36.4 Å². The van der Waals surface area contributed by atoms with Crippen molar-refractivity contribution in [3.05, 3.63) is 48.0 Å². The fourth-order valence-corrected chi connectivity index (χ4v) is 2.02. The molecular weight excluding hydrogens is 226 g/mol. The number of ether oxygens (including phenoxy) is 1. The van der Waals surface area contributed by atoms with Gasteiger partial charge in [0.05, 0.1) is 18.4 Å². The third-order valence-corrected chi connectivity index (χ3v) is 2.85. The Labute approximate surface area is 106 Å². The van der Waals surface area contributed by atoms with Gasteiger partial charge in [0.25, 0.3) is 0 Å². The van der Waals surface area contributed by atoms with Crippen LogP contribution in [0.15, 0.2) is 42.5 Å². The number of hydrogen-bond acceptors (Lipinski definition) is 3. The SMILES string of the molecule is CNc1c(-c2ccccc2)ccc(C=O)c1OC. The fourth-order valence-electron chi connectivity index (χ4n) is 2.02. The third-order valence-electron chi connectivity index (χ3n) is 2.85. The first-order chi connectivity index (χ1) is 8.81. The summed E-state index contributed by atoms with van der Waals surface area (Å²) in [6.07, 6.45) is 0.800. The number of aldehydes is 1. The molecule has 0 saturated carbocycles. The highest BCUT2D eigenvalue weighted by atomic mass is 16.5. The smallest absolute Gasteiger partial charge is 0.153 e. The molecule has 0 spiro atoms. The summed E-state index contributed by atoms with van der Waals surface area (Å²) in [5.74, 6) is 0.578. The maximum Gasteiger partial charge on any atom is 0.153 e. The zero-order valence-corrected chi connectivity index (χ0v) is 10.4. The first-order valence-electron chi connectivity index (χ1n) is 5.71. The predicted octanol–water partition coefficient (Wildman–Crippen LogP) is 3.22. The molecule has 92 valence electrons. The average molecular weight is 241 g/mol. The Bertz CT molecular complexity index is 550. The van der Waals surface area contributed by atoms with Gasteiger partial charge in [0.15, 0.2) is 12.0 Å². The lowest BCUT2D eigenvalue weighted by molar-refractivity contribution is 0.112. The van der Waals surface area contributed by atoms with E-state index in [0.717, 1.165) is 23.1 Å². The van der Waals surface area contributed by atoms with Crippen molar-refractivity contribution in [2.24, 2.45) is 0 Å². The molecule has 0 atom stereocenters. The second-order valence-corrected chi connectivity index (χ2v) is 3.84. The molecule has 1 N–H and O–H groups in total. The second kappa shape index (κ2) is 5.36. The molecule has 0 amide bonds. The summed E-state index contributed by atoms with van der Waals surface area (Å²) in [5, 5.41) is 3.10. The number of rotatable bonds is 4. The van der Waals surface area contributed by atoms with E-state index < -0.39 is 0 Å². The highest BCUT2D eigenvalue weighted by Gasteiger charge is 2.13. The zero-order chi connectivity index (χ0) is 13.0. The maximum absolute atomic E-state index is 11.0. The van der Waals surface area contributed by atoms with E-state index in [2.05, 4.69) is 5.32 Å². The summed E-state index contributed by atoms with van der Waals surface area (Å²) in [4.78, 5) is 11.0. The molecular formula is C15H15NO2. The van der Waals surface area contributed by atoms with E-state index in [-0.39, 0.29) is 0 Å². The van der Waals surface area contributed by atoms with Crippen LogP contribution in [0.1, 0.15) is 10.4 Å². The van der Waals surface area contributed by atoms with Gasteiger partial charge in [0.1, 0.15) is 0 Å². The summed E-state index contributed by atoms with van der Waals surface area (Å²) in [6.45, 7) is 0. The van der Waals surface area contributed by atoms with Crippen LogP contribution in [-0.4, -0.2) is 20.4 Å². The lowest BCUT2D eigenvalue weighted by Crippen LogP contribution is -2.00. The van der Waals surface area contributed by atoms with Crippen molar-refractivity contribution in [3.63, 3.8) is 0 Å². The molecule has 18 heavy (non-hydrogen) atoms. The van der Waals surface area contributed by atoms with Crippen LogP contribution in [0.5, 0.6) is 5.75 Å². The number of hydrogen-bond donors (Lipinski definition) is 1. The van der Waals surface area contributed by atoms with Crippen molar-refractivity contribution >= 4 is 12.0 Å². The molecule has 0 aliphatic rings. The molecule has 0 unspecified atom stereocenters. The largest absolute Gasteiger partial charge is 0.494 e. The molecule has 0 saturated heterocycles. The molecule has 0 aliphatic carbocycles. The predicted molar refractivity (Wildman–Crippen MR) is 73.4 cm³/mol. The molecule has 2 aromatic rings. The Kier molecular flexibility index (Phi) is 3.63. The number of anilines is 1. The van der Waals surface area contributed by atoms with E-state index >= 15 is 0 Å². The highest BCUT2D eigenvalue weighted by Crippen LogP contribution is 2.37. The lowest BCUT2D eigenvalue weighted by Gasteiger charge is -2.15. The van der Waals surface area contributed by atoms with Crippen molar-refractivity contribution in [2.45, 2.75) is 0 Å². The molecule has 2 aromatic carbocycles. The van der Waals surface area contributed by atoms with Gasteiger partial charge in [-0.15, -0.1) is 0 Å². The summed E-state index contributed by atoms with van der Waals surface area (Å²) in [5.41, 5.74) is 3.47. The number of methoxy groups -OCH3 is 1. The quantitative estimate of drug-likeness (QED) is 0.835. The lowest BCUT2D eigenvalue weighted by atomic mass is 10.0. The standard InChI is InChI=1S/C15H15NO2/c1-16-14-13(11-6-4-3-5-7-11)9-8-12(10-17)15(14)18-2/h3-10,16H,1-2H3. The minimum Gasteiger partial charge on any atom is -0.494 e. The zero-order valence-electron chi connectivity index (χ0n) is 10.4. The van der Waals surface area contributed by atoms with Crippen molar-refractivity contribution < 1.29 is 9.53 Å². The molecule has 0 heterocycles. The van der Waals surface area contributed by atoms with E-state index in [1.807, 2.05) is 43.4 Å². The number of benzene rings is 2. The first kappa shape index (κ1) is 12.2. The van der Waals surface area contributed by atoms with Crippen LogP contribution in [0.3, 0.4) is 0 Å². The molecule has 0 aliphatic heterocycles. The number of nitrogens with one attached hydrogen (secondary N) is 1. The van der Waals surface area contributed by atoms with E-state index in [0.29, 0.717) is 11.3 Å². The van der Waals surface area contributed by atoms with Crippen molar-refractivity contribution in [2.75, 3.05) is 19.5 Å². The van der Waals surface area contributed by atoms with E-state index in [1.54, 1.807) is 13.2 Å². The Hall–Kier alpha value is -2.29. The number of carbonyl (C=O) groups is 1. The third kappa shape index (κ3) is 2.07. The molecule has 0 bridgehead atoms. The van der Waals surface area contributed by atoms with E-state index in [9.17, 15) is 4.79 Å². The van der Waals surface area contributed by atoms with Crippen LogP contribution < -0.4 is 10.1 Å². The van der Waals surface area contributed by atoms with Gasteiger partial charge in [0, 0.05) is 12.6 Å². The van der Waals surface area contributed by atoms with Crippen molar-refractivity contribution in [3.8, 4) is 16.9 Å². The van der Waals surface area contributed by atoms with Gasteiger partial charge < -0.3 is 10.1 Å². The average Bonchev–Trinajstić information content (AvgIpc) is 2.46. The minimum absolute atomic E-state index is 0.543. The first-order valence-corrected chi connectivity index (χ1v) is 5.71. The van der Waals surface area contributed by atoms with Gasteiger partial charge in [-0.3, -0.25) is 4.79 Å². The van der Waals surface area contributed by atoms with Gasteiger partial charge in [0.2, 0.25) is 0 Å². The van der Waals surface area contributed by atoms with Crippen LogP contribution in [0.4, 0.5) is 5.69 Å². The molecule has 0 radical (unpaired) electrons. The van der Waals surface area contributed by atoms with Crippen LogP contribution >= 0.6 is 0 Å². The van der Waals surface area contributed by atoms with Crippen LogP contribution in [0.25, 0.3) is 11.1 Å². The van der Waals surface area contributed by atoms with Gasteiger partial charge >= 0.3 is 0 Å². The minimum atomic E-state index is 0.543. The fraction of sp³-hybridized carbons (Fsp3) is 0.133. The van der Waals surface area contributed by atoms with Crippen molar-refractivity contribution in [1.29, 1.82) is 0 Å². The Morgan fingerprint density at radius 3 is 2.39 bits per heavy atom. The van der Waals surface area contributed by atoms with E-state index in [1.165, 1.54) is 0 Å². The van der Waals surface area contributed by atoms with Crippen LogP contribution in [0, 0.1) is 0 Å². The molecule has 2 rings (SSSR count). The van der Waals surface area contributed by atoms with Gasteiger partial charge in [-0.2, -0.15) is 0 Å². The molecule has 3 heteroatoms. The maximum atomic E-state index is 11.0. The Balaban J connectivity index is 2.66. The topological polar surface area (TPSA) is 38.3 Å². The highest BCUT2D eigenvalue weighted by molar-refractivity contribution is 5.91.